The van der Waals surface area contributed by atoms with Crippen molar-refractivity contribution in [2.75, 3.05) is 0 Å². The highest BCUT2D eigenvalue weighted by atomic mass is 16.2. The lowest BCUT2D eigenvalue weighted by molar-refractivity contribution is -0.135. The molecule has 1 aliphatic carbocycles. The maximum absolute atomic E-state index is 12.9. The van der Waals surface area contributed by atoms with Crippen LogP contribution in [0.15, 0.2) is 42.5 Å². The van der Waals surface area contributed by atoms with Crippen LogP contribution >= 0.6 is 0 Å². The molecule has 0 radical (unpaired) electrons. The summed E-state index contributed by atoms with van der Waals surface area (Å²) in [6, 6.07) is 14.1. The van der Waals surface area contributed by atoms with E-state index in [9.17, 15) is 9.59 Å². The van der Waals surface area contributed by atoms with E-state index < -0.39 is 5.41 Å². The van der Waals surface area contributed by atoms with Crippen LogP contribution in [0, 0.1) is 5.41 Å². The Labute approximate surface area is 125 Å². The van der Waals surface area contributed by atoms with Gasteiger partial charge in [0.15, 0.2) is 5.78 Å². The van der Waals surface area contributed by atoms with Crippen molar-refractivity contribution in [2.24, 2.45) is 5.41 Å². The number of hydrogen-bond acceptors (Lipinski definition) is 2. The van der Waals surface area contributed by atoms with Crippen LogP contribution in [0.25, 0.3) is 10.8 Å². The number of rotatable bonds is 3. The first-order valence-corrected chi connectivity index (χ1v) is 7.69. The van der Waals surface area contributed by atoms with Gasteiger partial charge in [0.1, 0.15) is 5.78 Å². The average molecular weight is 280 g/mol. The lowest BCUT2D eigenvalue weighted by Gasteiger charge is -2.23. The predicted molar refractivity (Wildman–Crippen MR) is 84.3 cm³/mol. The van der Waals surface area contributed by atoms with Crippen molar-refractivity contribution in [3.8, 4) is 0 Å². The molecule has 0 N–H and O–H groups in total. The van der Waals surface area contributed by atoms with Gasteiger partial charge in [0.2, 0.25) is 0 Å². The molecule has 108 valence electrons. The number of carbonyl (C=O) groups excluding carboxylic acids is 2. The van der Waals surface area contributed by atoms with Crippen LogP contribution in [-0.4, -0.2) is 11.6 Å². The standard InChI is InChI=1S/C19H20O2/c1-3-19(4-2)17(20)12-16(18(19)21)15-11-7-9-13-8-5-6-10-14(13)15/h5-11,16H,3-4,12H2,1-2H3/t16-/m1/s1. The van der Waals surface area contributed by atoms with Gasteiger partial charge in [-0.15, -0.1) is 0 Å². The molecule has 2 nitrogen and oxygen atoms in total. The molecule has 0 unspecified atom stereocenters. The Kier molecular flexibility index (Phi) is 3.40. The molecule has 0 heterocycles. The summed E-state index contributed by atoms with van der Waals surface area (Å²) in [5, 5.41) is 2.22. The van der Waals surface area contributed by atoms with Crippen molar-refractivity contribution in [1.29, 1.82) is 0 Å². The largest absolute Gasteiger partial charge is 0.299 e. The minimum absolute atomic E-state index is 0.119. The summed E-state index contributed by atoms with van der Waals surface area (Å²) in [4.78, 5) is 25.4. The van der Waals surface area contributed by atoms with E-state index in [0.29, 0.717) is 19.3 Å². The quantitative estimate of drug-likeness (QED) is 0.787. The van der Waals surface area contributed by atoms with Gasteiger partial charge < -0.3 is 0 Å². The summed E-state index contributed by atoms with van der Waals surface area (Å²) >= 11 is 0. The molecule has 0 aromatic heterocycles. The van der Waals surface area contributed by atoms with Crippen LogP contribution in [-0.2, 0) is 9.59 Å². The normalized spacial score (nSPS) is 21.1. The molecule has 0 spiro atoms. The van der Waals surface area contributed by atoms with Crippen molar-refractivity contribution in [3.05, 3.63) is 48.0 Å². The van der Waals surface area contributed by atoms with E-state index in [1.54, 1.807) is 0 Å². The van der Waals surface area contributed by atoms with E-state index in [1.807, 2.05) is 56.3 Å². The molecule has 1 atom stereocenters. The van der Waals surface area contributed by atoms with E-state index in [1.165, 1.54) is 0 Å². The summed E-state index contributed by atoms with van der Waals surface area (Å²) in [5.41, 5.74) is 0.261. The molecular formula is C19H20O2. The predicted octanol–water partition coefficient (Wildman–Crippen LogP) is 4.27. The zero-order chi connectivity index (χ0) is 15.0. The Morgan fingerprint density at radius 1 is 1.00 bits per heavy atom. The van der Waals surface area contributed by atoms with Crippen LogP contribution in [0.1, 0.15) is 44.6 Å². The zero-order valence-electron chi connectivity index (χ0n) is 12.6. The minimum atomic E-state index is -0.748. The summed E-state index contributed by atoms with van der Waals surface area (Å²) in [5.74, 6) is -0.0345. The molecule has 21 heavy (non-hydrogen) atoms. The molecule has 1 fully saturated rings. The van der Waals surface area contributed by atoms with Crippen LogP contribution in [0.4, 0.5) is 0 Å². The molecule has 0 bridgehead atoms. The van der Waals surface area contributed by atoms with E-state index in [-0.39, 0.29) is 17.5 Å². The monoisotopic (exact) mass is 280 g/mol. The van der Waals surface area contributed by atoms with Gasteiger partial charge in [-0.2, -0.15) is 0 Å². The number of hydrogen-bond donors (Lipinski definition) is 0. The highest BCUT2D eigenvalue weighted by molar-refractivity contribution is 6.17. The molecule has 2 heteroatoms. The van der Waals surface area contributed by atoms with E-state index >= 15 is 0 Å². The molecule has 1 aliphatic rings. The second-order valence-electron chi connectivity index (χ2n) is 5.90. The van der Waals surface area contributed by atoms with E-state index in [4.69, 9.17) is 0 Å². The molecule has 0 saturated heterocycles. The molecule has 0 amide bonds. The maximum atomic E-state index is 12.9. The van der Waals surface area contributed by atoms with Gasteiger partial charge in [0.05, 0.1) is 11.3 Å². The van der Waals surface area contributed by atoms with Crippen molar-refractivity contribution >= 4 is 22.3 Å². The van der Waals surface area contributed by atoms with Gasteiger partial charge in [0, 0.05) is 6.42 Å². The number of carbonyl (C=O) groups is 2. The first-order valence-electron chi connectivity index (χ1n) is 7.69. The third kappa shape index (κ3) is 1.93. The molecule has 3 rings (SSSR count). The first-order chi connectivity index (χ1) is 10.1. The Hall–Kier alpha value is -1.96. The van der Waals surface area contributed by atoms with Gasteiger partial charge in [0.25, 0.3) is 0 Å². The summed E-state index contributed by atoms with van der Waals surface area (Å²) in [6.07, 6.45) is 1.58. The smallest absolute Gasteiger partial charge is 0.154 e. The van der Waals surface area contributed by atoms with Gasteiger partial charge in [-0.1, -0.05) is 56.3 Å². The van der Waals surface area contributed by atoms with Crippen LogP contribution in [0.3, 0.4) is 0 Å². The van der Waals surface area contributed by atoms with Gasteiger partial charge in [-0.3, -0.25) is 9.59 Å². The van der Waals surface area contributed by atoms with Crippen molar-refractivity contribution in [1.82, 2.24) is 0 Å². The second-order valence-corrected chi connectivity index (χ2v) is 5.90. The molecule has 0 aliphatic heterocycles. The van der Waals surface area contributed by atoms with Gasteiger partial charge in [-0.25, -0.2) is 0 Å². The zero-order valence-corrected chi connectivity index (χ0v) is 12.6. The summed E-state index contributed by atoms with van der Waals surface area (Å²) in [6.45, 7) is 3.90. The molecule has 2 aromatic rings. The van der Waals surface area contributed by atoms with Crippen molar-refractivity contribution in [2.45, 2.75) is 39.0 Å². The lowest BCUT2D eigenvalue weighted by atomic mass is 9.77. The fraction of sp³-hybridized carbons (Fsp3) is 0.368. The van der Waals surface area contributed by atoms with Crippen LogP contribution in [0.2, 0.25) is 0 Å². The number of fused-ring (bicyclic) bond motifs is 1. The fourth-order valence-electron chi connectivity index (χ4n) is 3.74. The van der Waals surface area contributed by atoms with Crippen LogP contribution in [0.5, 0.6) is 0 Å². The Morgan fingerprint density at radius 2 is 1.67 bits per heavy atom. The highest BCUT2D eigenvalue weighted by Gasteiger charge is 2.52. The fourth-order valence-corrected chi connectivity index (χ4v) is 3.74. The van der Waals surface area contributed by atoms with Gasteiger partial charge >= 0.3 is 0 Å². The lowest BCUT2D eigenvalue weighted by Crippen LogP contribution is -2.32. The Morgan fingerprint density at radius 3 is 2.33 bits per heavy atom. The maximum Gasteiger partial charge on any atom is 0.154 e. The average Bonchev–Trinajstić information content (AvgIpc) is 2.78. The highest BCUT2D eigenvalue weighted by Crippen LogP contribution is 2.46. The summed E-state index contributed by atoms with van der Waals surface area (Å²) in [7, 11) is 0. The minimum Gasteiger partial charge on any atom is -0.299 e. The molecule has 1 saturated carbocycles. The number of ketones is 2. The van der Waals surface area contributed by atoms with E-state index in [2.05, 4.69) is 0 Å². The second kappa shape index (κ2) is 5.10. The van der Waals surface area contributed by atoms with Gasteiger partial charge in [-0.05, 0) is 29.2 Å². The van der Waals surface area contributed by atoms with E-state index in [0.717, 1.165) is 16.3 Å². The third-order valence-electron chi connectivity index (χ3n) is 5.12. The topological polar surface area (TPSA) is 34.1 Å². The number of Topliss-reactive ketones (excluding diaryl/α,β-unsaturated/α-hetero) is 2. The Balaban J connectivity index is 2.13. The van der Waals surface area contributed by atoms with Crippen molar-refractivity contribution < 1.29 is 9.59 Å². The molecular weight excluding hydrogens is 260 g/mol. The molecule has 2 aromatic carbocycles. The summed E-state index contributed by atoms with van der Waals surface area (Å²) < 4.78 is 0. The van der Waals surface area contributed by atoms with Crippen molar-refractivity contribution in [3.63, 3.8) is 0 Å². The Bertz CT molecular complexity index is 705. The third-order valence-corrected chi connectivity index (χ3v) is 5.12. The number of benzene rings is 2. The first kappa shape index (κ1) is 14.0. The SMILES string of the molecule is CCC1(CC)C(=O)C[C@H](c2cccc3ccccc23)C1=O. The van der Waals surface area contributed by atoms with Crippen LogP contribution < -0.4 is 0 Å².